The number of rotatable bonds is 9. The minimum absolute atomic E-state index is 0.0433. The summed E-state index contributed by atoms with van der Waals surface area (Å²) in [4.78, 5) is 0. The largest absolute Gasteiger partial charge is 0.389 e. The fourth-order valence-corrected chi connectivity index (χ4v) is 4.86. The van der Waals surface area contributed by atoms with Crippen LogP contribution in [-0.2, 0) is 23.7 Å². The van der Waals surface area contributed by atoms with Crippen molar-refractivity contribution in [1.82, 2.24) is 0 Å². The molecule has 1 saturated carbocycles. The highest BCUT2D eigenvalue weighted by molar-refractivity contribution is 5.01. The lowest BCUT2D eigenvalue weighted by molar-refractivity contribution is -0.331. The van der Waals surface area contributed by atoms with E-state index in [2.05, 4.69) is 0 Å². The van der Waals surface area contributed by atoms with E-state index in [1.54, 1.807) is 6.92 Å². The topological polar surface area (TPSA) is 298 Å². The van der Waals surface area contributed by atoms with Crippen LogP contribution in [0.15, 0.2) is 0 Å². The Balaban J connectivity index is 1.67. The molecule has 37 heavy (non-hydrogen) atoms. The predicted molar refractivity (Wildman–Crippen MR) is 125 cm³/mol. The van der Waals surface area contributed by atoms with Gasteiger partial charge in [0.25, 0.3) is 0 Å². The molecule has 16 nitrogen and oxygen atoms in total. The Kier molecular flexibility index (Phi) is 11.0. The van der Waals surface area contributed by atoms with Crippen LogP contribution < -0.4 is 28.7 Å². The van der Waals surface area contributed by atoms with Crippen LogP contribution in [0.25, 0.3) is 0 Å². The smallest absolute Gasteiger partial charge is 0.187 e. The van der Waals surface area contributed by atoms with Crippen molar-refractivity contribution in [3.05, 3.63) is 0 Å². The van der Waals surface area contributed by atoms with Crippen LogP contribution in [-0.4, -0.2) is 148 Å². The summed E-state index contributed by atoms with van der Waals surface area (Å²) in [6.07, 6.45) is -15.6. The van der Waals surface area contributed by atoms with Crippen LogP contribution in [0.3, 0.4) is 0 Å². The maximum atomic E-state index is 11.1. The molecule has 2 heterocycles. The van der Waals surface area contributed by atoms with E-state index in [9.17, 15) is 30.6 Å². The summed E-state index contributed by atoms with van der Waals surface area (Å²) in [5.41, 5.74) is 29.3. The molecule has 16 heteroatoms. The highest BCUT2D eigenvalue weighted by Gasteiger charge is 2.51. The number of aliphatic hydroxyl groups is 6. The first-order valence-corrected chi connectivity index (χ1v) is 12.4. The fourth-order valence-electron chi connectivity index (χ4n) is 4.86. The first-order valence-electron chi connectivity index (χ1n) is 12.4. The van der Waals surface area contributed by atoms with E-state index >= 15 is 0 Å². The average molecular weight is 542 g/mol. The van der Waals surface area contributed by atoms with Gasteiger partial charge >= 0.3 is 0 Å². The first kappa shape index (κ1) is 30.9. The second kappa shape index (κ2) is 13.1. The lowest BCUT2D eigenvalue weighted by atomic mass is 9.84. The van der Waals surface area contributed by atoms with Crippen molar-refractivity contribution >= 4 is 0 Å². The van der Waals surface area contributed by atoms with Crippen LogP contribution in [0, 0.1) is 0 Å². The molecule has 3 aliphatic rings. The van der Waals surface area contributed by atoms with Crippen LogP contribution in [0.4, 0.5) is 0 Å². The van der Waals surface area contributed by atoms with Gasteiger partial charge in [-0.05, 0) is 13.3 Å². The van der Waals surface area contributed by atoms with E-state index in [0.717, 1.165) is 0 Å². The second-order valence-electron chi connectivity index (χ2n) is 9.97. The number of hydrogen-bond donors (Lipinski definition) is 11. The molecule has 0 aromatic carbocycles. The van der Waals surface area contributed by atoms with E-state index in [-0.39, 0.29) is 26.1 Å². The second-order valence-corrected chi connectivity index (χ2v) is 9.97. The Hall–Kier alpha value is -0.640. The number of aliphatic hydroxyl groups excluding tert-OH is 6. The summed E-state index contributed by atoms with van der Waals surface area (Å²) in [5.74, 6) is 0. The summed E-state index contributed by atoms with van der Waals surface area (Å²) < 4.78 is 28.4. The molecule has 2 saturated heterocycles. The monoisotopic (exact) mass is 541 g/mol. The minimum Gasteiger partial charge on any atom is -0.389 e. The van der Waals surface area contributed by atoms with Crippen LogP contribution in [0.2, 0.25) is 0 Å². The molecule has 1 aliphatic carbocycles. The van der Waals surface area contributed by atoms with Gasteiger partial charge in [0.05, 0.1) is 24.9 Å². The van der Waals surface area contributed by atoms with Crippen molar-refractivity contribution in [2.75, 3.05) is 19.7 Å². The van der Waals surface area contributed by atoms with Crippen LogP contribution in [0.1, 0.15) is 13.3 Å². The van der Waals surface area contributed by atoms with E-state index in [0.29, 0.717) is 0 Å². The number of hydrogen-bond acceptors (Lipinski definition) is 16. The molecule has 16 N–H and O–H groups in total. The van der Waals surface area contributed by atoms with E-state index in [4.69, 9.17) is 52.4 Å². The van der Waals surface area contributed by atoms with Crippen molar-refractivity contribution in [2.24, 2.45) is 28.7 Å². The molecular formula is C21H43N5O11. The third kappa shape index (κ3) is 6.75. The third-order valence-corrected chi connectivity index (χ3v) is 7.15. The lowest BCUT2D eigenvalue weighted by Crippen LogP contribution is -2.68. The van der Waals surface area contributed by atoms with Crippen LogP contribution >= 0.6 is 0 Å². The average Bonchev–Trinajstić information content (AvgIpc) is 2.86. The van der Waals surface area contributed by atoms with E-state index in [1.807, 2.05) is 0 Å². The van der Waals surface area contributed by atoms with Crippen molar-refractivity contribution in [3.8, 4) is 0 Å². The van der Waals surface area contributed by atoms with Gasteiger partial charge in [-0.2, -0.15) is 0 Å². The molecule has 0 bridgehead atoms. The zero-order valence-corrected chi connectivity index (χ0v) is 20.7. The summed E-state index contributed by atoms with van der Waals surface area (Å²) in [6, 6.07) is -2.75. The van der Waals surface area contributed by atoms with Gasteiger partial charge in [0.1, 0.15) is 54.9 Å². The van der Waals surface area contributed by atoms with Gasteiger partial charge in [0, 0.05) is 25.2 Å². The third-order valence-electron chi connectivity index (χ3n) is 7.15. The van der Waals surface area contributed by atoms with E-state index < -0.39 is 97.8 Å². The Bertz CT molecular complexity index is 714. The van der Waals surface area contributed by atoms with Gasteiger partial charge in [-0.1, -0.05) is 0 Å². The van der Waals surface area contributed by atoms with Gasteiger partial charge in [-0.3, -0.25) is 0 Å². The summed E-state index contributed by atoms with van der Waals surface area (Å²) >= 11 is 0. The zero-order chi connectivity index (χ0) is 27.6. The van der Waals surface area contributed by atoms with Crippen LogP contribution in [0.5, 0.6) is 0 Å². The van der Waals surface area contributed by atoms with Gasteiger partial charge < -0.3 is 83.0 Å². The Labute approximate surface area is 214 Å². The van der Waals surface area contributed by atoms with Gasteiger partial charge in [-0.25, -0.2) is 0 Å². The lowest BCUT2D eigenvalue weighted by Gasteiger charge is -2.48. The highest BCUT2D eigenvalue weighted by Crippen LogP contribution is 2.31. The molecule has 218 valence electrons. The normalized spacial score (nSPS) is 50.1. The standard InChI is InChI=1S/C21H43N5O11/c1-6-17(33-5-7(27)3-22)14(30)15(31)21(34-6)37-19-9(25)2-8(24)18(16(19)32)36-20-11(26)13(29)12(28)10(4-23)35-20/h6-21,27-32H,2-5,22-26H2,1H3/t6?,7-,8?,9?,10?,11?,12?,13?,14?,15?,16?,17?,18?,19?,20?,21?/m1/s1. The summed E-state index contributed by atoms with van der Waals surface area (Å²) in [6.45, 7) is 1.25. The Morgan fingerprint density at radius 2 is 1.38 bits per heavy atom. The molecule has 0 radical (unpaired) electrons. The van der Waals surface area contributed by atoms with Gasteiger partial charge in [0.2, 0.25) is 0 Å². The zero-order valence-electron chi connectivity index (χ0n) is 20.7. The molecule has 15 unspecified atom stereocenters. The molecule has 0 aromatic rings. The maximum absolute atomic E-state index is 11.1. The van der Waals surface area contributed by atoms with Crippen molar-refractivity contribution in [1.29, 1.82) is 0 Å². The molecule has 3 fully saturated rings. The molecular weight excluding hydrogens is 498 g/mol. The molecule has 0 spiro atoms. The summed E-state index contributed by atoms with van der Waals surface area (Å²) in [5, 5.41) is 62.2. The highest BCUT2D eigenvalue weighted by atomic mass is 16.7. The molecule has 2 aliphatic heterocycles. The molecule has 0 aromatic heterocycles. The van der Waals surface area contributed by atoms with E-state index in [1.165, 1.54) is 0 Å². The summed E-state index contributed by atoms with van der Waals surface area (Å²) in [7, 11) is 0. The maximum Gasteiger partial charge on any atom is 0.187 e. The molecule has 3 rings (SSSR count). The number of ether oxygens (including phenoxy) is 5. The van der Waals surface area contributed by atoms with Crippen molar-refractivity contribution < 1.29 is 54.3 Å². The van der Waals surface area contributed by atoms with Gasteiger partial charge in [0.15, 0.2) is 12.6 Å². The van der Waals surface area contributed by atoms with Crippen molar-refractivity contribution in [2.45, 2.75) is 111 Å². The quantitative estimate of drug-likeness (QED) is 0.129. The first-order chi connectivity index (χ1) is 17.4. The number of nitrogens with two attached hydrogens (primary N) is 5. The molecule has 0 amide bonds. The predicted octanol–water partition coefficient (Wildman–Crippen LogP) is -6.92. The Morgan fingerprint density at radius 3 is 1.95 bits per heavy atom. The van der Waals surface area contributed by atoms with Gasteiger partial charge in [-0.15, -0.1) is 0 Å². The fraction of sp³-hybridized carbons (Fsp3) is 1.00. The molecule has 16 atom stereocenters. The minimum atomic E-state index is -1.58. The SMILES string of the molecule is CC1OC(OC2C(N)CC(N)C(OC3OC(CN)C(O)C(O)C3N)C2O)C(O)C(O)C1OC[C@H](O)CN. The Morgan fingerprint density at radius 1 is 0.784 bits per heavy atom. The van der Waals surface area contributed by atoms with Crippen molar-refractivity contribution in [3.63, 3.8) is 0 Å².